The molecule has 0 heterocycles. The molecule has 0 saturated heterocycles. The van der Waals surface area contributed by atoms with E-state index in [1.807, 2.05) is 6.07 Å². The smallest absolute Gasteiger partial charge is 0.245 e. The van der Waals surface area contributed by atoms with E-state index in [1.54, 1.807) is 48.5 Å². The molecule has 2 aromatic rings. The van der Waals surface area contributed by atoms with E-state index in [9.17, 15) is 13.2 Å². The summed E-state index contributed by atoms with van der Waals surface area (Å²) >= 11 is 3.29. The molecule has 25 heavy (non-hydrogen) atoms. The maximum atomic E-state index is 12.2. The molecule has 0 unspecified atom stereocenters. The van der Waals surface area contributed by atoms with Crippen LogP contribution < -0.4 is 9.62 Å². The monoisotopic (exact) mass is 421 g/mol. The minimum atomic E-state index is -3.61. The molecule has 130 valence electrons. The van der Waals surface area contributed by atoms with Crippen LogP contribution in [0.15, 0.2) is 53.0 Å². The van der Waals surface area contributed by atoms with Crippen LogP contribution in [0.5, 0.6) is 0 Å². The number of hydrogen-bond donors (Lipinski definition) is 1. The van der Waals surface area contributed by atoms with E-state index < -0.39 is 15.9 Å². The molecule has 0 aromatic heterocycles. The van der Waals surface area contributed by atoms with Gasteiger partial charge in [0.2, 0.25) is 15.9 Å². The van der Waals surface area contributed by atoms with Crippen LogP contribution in [0.3, 0.4) is 0 Å². The lowest BCUT2D eigenvalue weighted by atomic mass is 10.1. The van der Waals surface area contributed by atoms with Gasteiger partial charge in [0.15, 0.2) is 0 Å². The summed E-state index contributed by atoms with van der Waals surface area (Å²) in [6.45, 7) is -0.333. The third-order valence-electron chi connectivity index (χ3n) is 3.32. The molecule has 0 aliphatic rings. The van der Waals surface area contributed by atoms with Crippen LogP contribution in [0.1, 0.15) is 5.56 Å². The Balaban J connectivity index is 2.12. The van der Waals surface area contributed by atoms with Crippen LogP contribution in [-0.4, -0.2) is 27.1 Å². The molecule has 2 rings (SSSR count). The number of carbonyl (C=O) groups is 1. The van der Waals surface area contributed by atoms with E-state index in [0.29, 0.717) is 17.8 Å². The van der Waals surface area contributed by atoms with E-state index in [-0.39, 0.29) is 6.54 Å². The molecule has 8 heteroatoms. The predicted molar refractivity (Wildman–Crippen MR) is 101 cm³/mol. The molecule has 0 fully saturated rings. The van der Waals surface area contributed by atoms with Crippen LogP contribution >= 0.6 is 15.9 Å². The van der Waals surface area contributed by atoms with Gasteiger partial charge in [-0.05, 0) is 42.0 Å². The molecule has 0 aliphatic heterocycles. The minimum Gasteiger partial charge on any atom is -0.325 e. The van der Waals surface area contributed by atoms with Crippen LogP contribution in [0.25, 0.3) is 0 Å². The lowest BCUT2D eigenvalue weighted by Gasteiger charge is -2.22. The first-order valence-corrected chi connectivity index (χ1v) is 9.93. The summed E-state index contributed by atoms with van der Waals surface area (Å²) in [6.07, 6.45) is 1.35. The third kappa shape index (κ3) is 5.59. The zero-order chi connectivity index (χ0) is 18.4. The first-order valence-electron chi connectivity index (χ1n) is 7.28. The molecule has 0 aliphatic carbocycles. The number of hydrogen-bond acceptors (Lipinski definition) is 4. The van der Waals surface area contributed by atoms with Gasteiger partial charge >= 0.3 is 0 Å². The molecular formula is C17H16BrN3O3S. The second kappa shape index (κ2) is 8.14. The van der Waals surface area contributed by atoms with Gasteiger partial charge in [-0.2, -0.15) is 5.26 Å². The molecule has 6 nitrogen and oxygen atoms in total. The van der Waals surface area contributed by atoms with Crippen molar-refractivity contribution in [3.8, 4) is 6.07 Å². The van der Waals surface area contributed by atoms with Crippen molar-refractivity contribution in [1.82, 2.24) is 0 Å². The maximum Gasteiger partial charge on any atom is 0.245 e. The number of rotatable bonds is 6. The number of amides is 1. The number of halogens is 1. The number of nitrogens with zero attached hydrogens (tertiary/aromatic N) is 2. The highest BCUT2D eigenvalue weighted by molar-refractivity contribution is 9.10. The maximum absolute atomic E-state index is 12.2. The summed E-state index contributed by atoms with van der Waals surface area (Å²) in [5.74, 6) is -0.457. The van der Waals surface area contributed by atoms with Crippen molar-refractivity contribution in [1.29, 1.82) is 5.26 Å². The number of benzene rings is 2. The Kier molecular flexibility index (Phi) is 6.17. The quantitative estimate of drug-likeness (QED) is 0.775. The zero-order valence-corrected chi connectivity index (χ0v) is 15.8. The fraction of sp³-hybridized carbons (Fsp3) is 0.176. The Bertz CT molecular complexity index is 888. The van der Waals surface area contributed by atoms with Gasteiger partial charge in [-0.25, -0.2) is 8.42 Å². The highest BCUT2D eigenvalue weighted by Crippen LogP contribution is 2.21. The van der Waals surface area contributed by atoms with Gasteiger partial charge in [0, 0.05) is 10.2 Å². The average molecular weight is 422 g/mol. The Morgan fingerprint density at radius 2 is 1.76 bits per heavy atom. The fourth-order valence-corrected chi connectivity index (χ4v) is 3.26. The molecule has 0 spiro atoms. The van der Waals surface area contributed by atoms with Crippen molar-refractivity contribution in [2.24, 2.45) is 0 Å². The number of anilines is 2. The Labute approximate surface area is 155 Å². The second-order valence-electron chi connectivity index (χ2n) is 5.33. The Hall–Kier alpha value is -2.37. The van der Waals surface area contributed by atoms with Gasteiger partial charge in [0.25, 0.3) is 0 Å². The van der Waals surface area contributed by atoms with Gasteiger partial charge in [-0.15, -0.1) is 0 Å². The van der Waals surface area contributed by atoms with Crippen molar-refractivity contribution in [3.63, 3.8) is 0 Å². The van der Waals surface area contributed by atoms with Crippen molar-refractivity contribution < 1.29 is 13.2 Å². The van der Waals surface area contributed by atoms with Crippen LogP contribution in [-0.2, 0) is 21.2 Å². The van der Waals surface area contributed by atoms with E-state index >= 15 is 0 Å². The summed E-state index contributed by atoms with van der Waals surface area (Å²) in [5.41, 5.74) is 1.79. The molecule has 1 N–H and O–H groups in total. The first kappa shape index (κ1) is 19.0. The molecule has 0 bridgehead atoms. The summed E-state index contributed by atoms with van der Waals surface area (Å²) < 4.78 is 25.9. The lowest BCUT2D eigenvalue weighted by Crippen LogP contribution is -2.37. The van der Waals surface area contributed by atoms with Gasteiger partial charge in [-0.1, -0.05) is 28.1 Å². The number of sulfonamides is 1. The molecule has 0 atom stereocenters. The average Bonchev–Trinajstić information content (AvgIpc) is 2.55. The largest absolute Gasteiger partial charge is 0.325 e. The lowest BCUT2D eigenvalue weighted by molar-refractivity contribution is -0.114. The predicted octanol–water partition coefficient (Wildman–Crippen LogP) is 2.92. The van der Waals surface area contributed by atoms with Gasteiger partial charge < -0.3 is 5.32 Å². The first-order chi connectivity index (χ1) is 11.8. The molecule has 0 saturated carbocycles. The normalized spacial score (nSPS) is 10.8. The van der Waals surface area contributed by atoms with Crippen molar-refractivity contribution >= 4 is 43.2 Å². The zero-order valence-electron chi connectivity index (χ0n) is 13.4. The Morgan fingerprint density at radius 1 is 1.16 bits per heavy atom. The van der Waals surface area contributed by atoms with Crippen molar-refractivity contribution in [3.05, 3.63) is 58.6 Å². The minimum absolute atomic E-state index is 0.291. The molecule has 0 radical (unpaired) electrons. The van der Waals surface area contributed by atoms with Crippen LogP contribution in [0.4, 0.5) is 11.4 Å². The van der Waals surface area contributed by atoms with Crippen LogP contribution in [0, 0.1) is 11.3 Å². The summed E-state index contributed by atoms with van der Waals surface area (Å²) in [5, 5.41) is 11.3. The van der Waals surface area contributed by atoms with Crippen molar-refractivity contribution in [2.45, 2.75) is 6.42 Å². The topological polar surface area (TPSA) is 90.3 Å². The SMILES string of the molecule is CS(=O)(=O)N(CC(=O)Nc1ccc(CC#N)cc1)c1ccc(Br)cc1. The third-order valence-corrected chi connectivity index (χ3v) is 4.99. The fourth-order valence-electron chi connectivity index (χ4n) is 2.14. The van der Waals surface area contributed by atoms with E-state index in [1.165, 1.54) is 0 Å². The number of nitrogens with one attached hydrogen (secondary N) is 1. The highest BCUT2D eigenvalue weighted by atomic mass is 79.9. The van der Waals surface area contributed by atoms with Gasteiger partial charge in [0.05, 0.1) is 24.4 Å². The summed E-state index contributed by atoms with van der Waals surface area (Å²) in [6, 6.07) is 15.5. The molecule has 2 aromatic carbocycles. The van der Waals surface area contributed by atoms with Gasteiger partial charge in [-0.3, -0.25) is 9.10 Å². The molecule has 1 amide bonds. The summed E-state index contributed by atoms with van der Waals surface area (Å²) in [4.78, 5) is 12.2. The highest BCUT2D eigenvalue weighted by Gasteiger charge is 2.20. The second-order valence-corrected chi connectivity index (χ2v) is 8.15. The Morgan fingerprint density at radius 3 is 2.28 bits per heavy atom. The van der Waals surface area contributed by atoms with Crippen molar-refractivity contribution in [2.75, 3.05) is 22.4 Å². The van der Waals surface area contributed by atoms with E-state index in [0.717, 1.165) is 20.6 Å². The van der Waals surface area contributed by atoms with E-state index in [4.69, 9.17) is 5.26 Å². The number of nitriles is 1. The van der Waals surface area contributed by atoms with E-state index in [2.05, 4.69) is 21.2 Å². The van der Waals surface area contributed by atoms with Gasteiger partial charge in [0.1, 0.15) is 6.54 Å². The standard InChI is InChI=1S/C17H16BrN3O3S/c1-25(23,24)21(16-8-4-14(18)5-9-16)12-17(22)20-15-6-2-13(3-7-15)10-11-19/h2-9H,10,12H2,1H3,(H,20,22). The van der Waals surface area contributed by atoms with Crippen LogP contribution in [0.2, 0.25) is 0 Å². The number of carbonyl (C=O) groups excluding carboxylic acids is 1. The molecular weight excluding hydrogens is 406 g/mol. The summed E-state index contributed by atoms with van der Waals surface area (Å²) in [7, 11) is -3.61.